The predicted octanol–water partition coefficient (Wildman–Crippen LogP) is 4.16. The summed E-state index contributed by atoms with van der Waals surface area (Å²) in [4.78, 5) is 0. The third-order valence-corrected chi connectivity index (χ3v) is 8.72. The van der Waals surface area contributed by atoms with Gasteiger partial charge in [-0.3, -0.25) is 0 Å². The smallest absolute Gasteiger partial charge is 0.100 e. The van der Waals surface area contributed by atoms with Crippen LogP contribution in [0, 0.1) is 35.5 Å². The molecule has 1 heterocycles. The van der Waals surface area contributed by atoms with Crippen molar-refractivity contribution in [1.29, 1.82) is 0 Å². The van der Waals surface area contributed by atoms with Crippen molar-refractivity contribution in [2.45, 2.75) is 88.9 Å². The number of hydrogen-bond acceptors (Lipinski definition) is 2. The summed E-state index contributed by atoms with van der Waals surface area (Å²) in [6.07, 6.45) is 11.9. The van der Waals surface area contributed by atoms with Crippen LogP contribution >= 0.6 is 0 Å². The first-order valence-corrected chi connectivity index (χ1v) is 9.90. The van der Waals surface area contributed by atoms with Crippen LogP contribution in [-0.4, -0.2) is 22.4 Å². The first-order chi connectivity index (χ1) is 10.5. The molecule has 0 aromatic heterocycles. The summed E-state index contributed by atoms with van der Waals surface area (Å²) in [6, 6.07) is 0. The van der Waals surface area contributed by atoms with Gasteiger partial charge in [0.1, 0.15) is 5.60 Å². The second-order valence-electron chi connectivity index (χ2n) is 9.68. The zero-order chi connectivity index (χ0) is 15.1. The highest BCUT2D eigenvalue weighted by molar-refractivity contribution is 5.20. The van der Waals surface area contributed by atoms with Crippen LogP contribution in [0.1, 0.15) is 71.6 Å². The molecule has 0 bridgehead atoms. The van der Waals surface area contributed by atoms with E-state index in [0.29, 0.717) is 0 Å². The van der Waals surface area contributed by atoms with Gasteiger partial charge in [-0.15, -0.1) is 0 Å². The maximum atomic E-state index is 10.0. The zero-order valence-corrected chi connectivity index (χ0v) is 14.3. The quantitative estimate of drug-likeness (QED) is 0.682. The van der Waals surface area contributed by atoms with Gasteiger partial charge in [-0.05, 0) is 107 Å². The highest BCUT2D eigenvalue weighted by atomic mass is 16.6. The minimum Gasteiger partial charge on any atom is -0.393 e. The minimum atomic E-state index is 0.00421. The highest BCUT2D eigenvalue weighted by Crippen LogP contribution is 2.68. The van der Waals surface area contributed by atoms with E-state index in [1.54, 1.807) is 0 Å². The minimum absolute atomic E-state index is 0.00421. The number of epoxide rings is 1. The van der Waals surface area contributed by atoms with Crippen LogP contribution in [0.2, 0.25) is 0 Å². The lowest BCUT2D eigenvalue weighted by molar-refractivity contribution is -0.0514. The van der Waals surface area contributed by atoms with Gasteiger partial charge >= 0.3 is 0 Å². The van der Waals surface area contributed by atoms with E-state index < -0.39 is 0 Å². The monoisotopic (exact) mass is 304 g/mol. The predicted molar refractivity (Wildman–Crippen MR) is 86.4 cm³/mol. The fraction of sp³-hybridized carbons (Fsp3) is 1.00. The van der Waals surface area contributed by atoms with Crippen molar-refractivity contribution < 1.29 is 9.84 Å². The standard InChI is InChI=1S/C20H32O2/c1-19(2)20(22-19)10-9-17-16-5-3-12-11-13(21)4-6-14(12)15(16)7-8-18(17)20/h12-18,21H,3-11H2,1-2H3. The lowest BCUT2D eigenvalue weighted by Crippen LogP contribution is -2.47. The molecule has 0 aromatic rings. The molecule has 5 fully saturated rings. The molecule has 0 amide bonds. The summed E-state index contributed by atoms with van der Waals surface area (Å²) in [6.45, 7) is 4.64. The molecule has 5 rings (SSSR count). The lowest BCUT2D eigenvalue weighted by Gasteiger charge is -2.52. The Morgan fingerprint density at radius 2 is 1.50 bits per heavy atom. The Bertz CT molecular complexity index is 472. The Hall–Kier alpha value is -0.0800. The molecule has 124 valence electrons. The number of aliphatic hydroxyl groups excluding tert-OH is 1. The highest BCUT2D eigenvalue weighted by Gasteiger charge is 2.72. The van der Waals surface area contributed by atoms with Gasteiger partial charge < -0.3 is 9.84 Å². The Morgan fingerprint density at radius 1 is 0.818 bits per heavy atom. The van der Waals surface area contributed by atoms with Crippen LogP contribution in [0.25, 0.3) is 0 Å². The maximum absolute atomic E-state index is 10.0. The molecule has 2 heteroatoms. The van der Waals surface area contributed by atoms with Crippen LogP contribution in [0.4, 0.5) is 0 Å². The molecular weight excluding hydrogens is 272 g/mol. The van der Waals surface area contributed by atoms with Crippen molar-refractivity contribution in [3.8, 4) is 0 Å². The average molecular weight is 304 g/mol. The van der Waals surface area contributed by atoms with E-state index in [9.17, 15) is 5.11 Å². The van der Waals surface area contributed by atoms with Gasteiger partial charge in [-0.1, -0.05) is 0 Å². The van der Waals surface area contributed by atoms with Gasteiger partial charge in [0.15, 0.2) is 0 Å². The van der Waals surface area contributed by atoms with Gasteiger partial charge in [0.2, 0.25) is 0 Å². The van der Waals surface area contributed by atoms with Gasteiger partial charge in [0.05, 0.1) is 11.7 Å². The molecule has 8 atom stereocenters. The molecule has 4 saturated carbocycles. The van der Waals surface area contributed by atoms with E-state index in [2.05, 4.69) is 13.8 Å². The van der Waals surface area contributed by atoms with Gasteiger partial charge in [-0.2, -0.15) is 0 Å². The molecule has 0 aromatic carbocycles. The van der Waals surface area contributed by atoms with Crippen molar-refractivity contribution in [1.82, 2.24) is 0 Å². The summed E-state index contributed by atoms with van der Waals surface area (Å²) in [7, 11) is 0. The van der Waals surface area contributed by atoms with E-state index in [1.165, 1.54) is 44.9 Å². The van der Waals surface area contributed by atoms with Crippen molar-refractivity contribution in [3.63, 3.8) is 0 Å². The molecule has 4 aliphatic carbocycles. The largest absolute Gasteiger partial charge is 0.393 e. The molecule has 1 saturated heterocycles. The molecule has 1 spiro atoms. The molecule has 5 aliphatic rings. The third-order valence-electron chi connectivity index (χ3n) is 8.72. The second kappa shape index (κ2) is 4.51. The van der Waals surface area contributed by atoms with Crippen molar-refractivity contribution in [2.24, 2.45) is 35.5 Å². The maximum Gasteiger partial charge on any atom is 0.100 e. The summed E-state index contributed by atoms with van der Waals surface area (Å²) in [5, 5.41) is 10.0. The lowest BCUT2D eigenvalue weighted by atomic mass is 9.53. The van der Waals surface area contributed by atoms with Gasteiger partial charge in [-0.25, -0.2) is 0 Å². The Balaban J connectivity index is 1.37. The summed E-state index contributed by atoms with van der Waals surface area (Å²) in [5.74, 6) is 5.54. The average Bonchev–Trinajstić information content (AvgIpc) is 2.86. The van der Waals surface area contributed by atoms with Crippen LogP contribution in [0.3, 0.4) is 0 Å². The van der Waals surface area contributed by atoms with Gasteiger partial charge in [0, 0.05) is 0 Å². The Kier molecular flexibility index (Phi) is 2.92. The number of ether oxygens (including phenoxy) is 1. The zero-order valence-electron chi connectivity index (χ0n) is 14.3. The SMILES string of the molecule is CC1(C)OC12CCC1C3CCC4CC(O)CCC4C3CCC12. The second-order valence-corrected chi connectivity index (χ2v) is 9.68. The number of fused-ring (bicyclic) bond motifs is 6. The van der Waals surface area contributed by atoms with Gasteiger partial charge in [0.25, 0.3) is 0 Å². The number of aliphatic hydroxyl groups is 1. The van der Waals surface area contributed by atoms with Crippen molar-refractivity contribution >= 4 is 0 Å². The van der Waals surface area contributed by atoms with Crippen molar-refractivity contribution in [2.75, 3.05) is 0 Å². The normalized spacial score (nSPS) is 58.8. The van der Waals surface area contributed by atoms with E-state index in [-0.39, 0.29) is 17.3 Å². The topological polar surface area (TPSA) is 32.8 Å². The molecule has 1 N–H and O–H groups in total. The molecule has 1 aliphatic heterocycles. The Labute approximate surface area is 135 Å². The summed E-state index contributed by atoms with van der Waals surface area (Å²) in [5.41, 5.74) is 0.424. The van der Waals surface area contributed by atoms with E-state index in [4.69, 9.17) is 4.74 Å². The fourth-order valence-corrected chi connectivity index (χ4v) is 7.81. The molecule has 2 nitrogen and oxygen atoms in total. The summed E-state index contributed by atoms with van der Waals surface area (Å²) >= 11 is 0. The molecular formula is C20H32O2. The molecule has 8 unspecified atom stereocenters. The van der Waals surface area contributed by atoms with Crippen molar-refractivity contribution in [3.05, 3.63) is 0 Å². The number of hydrogen-bond donors (Lipinski definition) is 1. The van der Waals surface area contributed by atoms with Crippen LogP contribution < -0.4 is 0 Å². The fourth-order valence-electron chi connectivity index (χ4n) is 7.81. The molecule has 22 heavy (non-hydrogen) atoms. The van der Waals surface area contributed by atoms with E-state index in [0.717, 1.165) is 48.3 Å². The first-order valence-electron chi connectivity index (χ1n) is 9.90. The van der Waals surface area contributed by atoms with Crippen LogP contribution in [-0.2, 0) is 4.74 Å². The molecule has 0 radical (unpaired) electrons. The number of rotatable bonds is 0. The van der Waals surface area contributed by atoms with E-state index >= 15 is 0 Å². The van der Waals surface area contributed by atoms with Crippen LogP contribution in [0.15, 0.2) is 0 Å². The third kappa shape index (κ3) is 1.75. The van der Waals surface area contributed by atoms with E-state index in [1.807, 2.05) is 0 Å². The summed E-state index contributed by atoms with van der Waals surface area (Å²) < 4.78 is 6.29. The van der Waals surface area contributed by atoms with Crippen LogP contribution in [0.5, 0.6) is 0 Å². The Morgan fingerprint density at radius 3 is 2.27 bits per heavy atom. The first kappa shape index (κ1) is 14.3.